The van der Waals surface area contributed by atoms with E-state index in [9.17, 15) is 14.4 Å². The third kappa shape index (κ3) is 6.12. The molecule has 2 amide bonds. The van der Waals surface area contributed by atoms with Crippen LogP contribution >= 0.6 is 0 Å². The number of Topliss-reactive ketones (excluding diaryl/α,β-unsaturated/α-hetero) is 1. The quantitative estimate of drug-likeness (QED) is 0.750. The molecule has 1 aliphatic heterocycles. The first kappa shape index (κ1) is 17.4. The van der Waals surface area contributed by atoms with Crippen molar-refractivity contribution in [3.63, 3.8) is 0 Å². The molecule has 1 heterocycles. The Kier molecular flexibility index (Phi) is 6.14. The minimum atomic E-state index is -0.784. The van der Waals surface area contributed by atoms with Gasteiger partial charge in [0.25, 0.3) is 0 Å². The van der Waals surface area contributed by atoms with Crippen LogP contribution in [0.25, 0.3) is 0 Å². The van der Waals surface area contributed by atoms with Crippen LogP contribution in [-0.4, -0.2) is 49.7 Å². The minimum Gasteiger partial charge on any atom is -0.444 e. The molecule has 7 nitrogen and oxygen atoms in total. The van der Waals surface area contributed by atoms with E-state index in [1.807, 2.05) is 0 Å². The highest BCUT2D eigenvalue weighted by Gasteiger charge is 2.32. The fraction of sp³-hybridized carbons (Fsp3) is 0.786. The third-order valence-electron chi connectivity index (χ3n) is 3.05. The van der Waals surface area contributed by atoms with Crippen molar-refractivity contribution in [1.29, 1.82) is 0 Å². The SMILES string of the molecule is COCC(=O)[C@H](C[C@@H]1CCNC1=O)NC(=O)OC(C)(C)C. The highest BCUT2D eigenvalue weighted by Crippen LogP contribution is 2.17. The number of nitrogens with one attached hydrogen (secondary N) is 2. The lowest BCUT2D eigenvalue weighted by atomic mass is 9.96. The van der Waals surface area contributed by atoms with Gasteiger partial charge in [-0.1, -0.05) is 0 Å². The summed E-state index contributed by atoms with van der Waals surface area (Å²) in [5, 5.41) is 5.25. The maximum atomic E-state index is 12.0. The zero-order valence-corrected chi connectivity index (χ0v) is 13.0. The van der Waals surface area contributed by atoms with Gasteiger partial charge in [0.05, 0.1) is 6.04 Å². The smallest absolute Gasteiger partial charge is 0.408 e. The Hall–Kier alpha value is -1.63. The molecule has 1 aliphatic rings. The first-order valence-electron chi connectivity index (χ1n) is 7.02. The van der Waals surface area contributed by atoms with E-state index in [2.05, 4.69) is 10.6 Å². The second-order valence-corrected chi connectivity index (χ2v) is 6.11. The maximum Gasteiger partial charge on any atom is 0.408 e. The van der Waals surface area contributed by atoms with Crippen LogP contribution in [0.5, 0.6) is 0 Å². The molecule has 7 heteroatoms. The largest absolute Gasteiger partial charge is 0.444 e. The van der Waals surface area contributed by atoms with Crippen LogP contribution in [0, 0.1) is 5.92 Å². The number of amides is 2. The van der Waals surface area contributed by atoms with Gasteiger partial charge in [-0.15, -0.1) is 0 Å². The molecule has 0 spiro atoms. The number of ether oxygens (including phenoxy) is 2. The standard InChI is InChI=1S/C14H24N2O5/c1-14(2,3)21-13(19)16-10(11(17)8-20-4)7-9-5-6-15-12(9)18/h9-10H,5-8H2,1-4H3,(H,15,18)(H,16,19)/t9-,10-/m0/s1. The van der Waals surface area contributed by atoms with E-state index in [-0.39, 0.29) is 30.6 Å². The molecule has 0 aromatic rings. The molecule has 0 aromatic carbocycles. The Morgan fingerprint density at radius 3 is 2.57 bits per heavy atom. The second kappa shape index (κ2) is 7.40. The van der Waals surface area contributed by atoms with Crippen LogP contribution in [0.15, 0.2) is 0 Å². The van der Waals surface area contributed by atoms with Gasteiger partial charge in [-0.25, -0.2) is 4.79 Å². The van der Waals surface area contributed by atoms with Gasteiger partial charge < -0.3 is 20.1 Å². The summed E-state index contributed by atoms with van der Waals surface area (Å²) in [4.78, 5) is 35.4. The molecule has 1 saturated heterocycles. The molecular weight excluding hydrogens is 276 g/mol. The zero-order chi connectivity index (χ0) is 16.0. The number of methoxy groups -OCH3 is 1. The molecule has 0 saturated carbocycles. The number of carbonyl (C=O) groups is 3. The van der Waals surface area contributed by atoms with Crippen molar-refractivity contribution in [3.05, 3.63) is 0 Å². The fourth-order valence-corrected chi connectivity index (χ4v) is 2.12. The molecule has 1 fully saturated rings. The number of carbonyl (C=O) groups excluding carboxylic acids is 3. The summed E-state index contributed by atoms with van der Waals surface area (Å²) < 4.78 is 9.96. The number of ketones is 1. The summed E-state index contributed by atoms with van der Waals surface area (Å²) in [5.41, 5.74) is -0.649. The van der Waals surface area contributed by atoms with Crippen molar-refractivity contribution in [2.24, 2.45) is 5.92 Å². The van der Waals surface area contributed by atoms with E-state index in [4.69, 9.17) is 9.47 Å². The van der Waals surface area contributed by atoms with Crippen LogP contribution in [0.3, 0.4) is 0 Å². The fourth-order valence-electron chi connectivity index (χ4n) is 2.12. The molecule has 1 rings (SSSR count). The normalized spacial score (nSPS) is 19.8. The maximum absolute atomic E-state index is 12.0. The Morgan fingerprint density at radius 1 is 1.43 bits per heavy atom. The lowest BCUT2D eigenvalue weighted by Gasteiger charge is -2.24. The van der Waals surface area contributed by atoms with E-state index in [0.717, 1.165) is 0 Å². The highest BCUT2D eigenvalue weighted by molar-refractivity contribution is 5.89. The molecule has 0 bridgehead atoms. The molecule has 2 atom stereocenters. The molecule has 0 radical (unpaired) electrons. The average Bonchev–Trinajstić information content (AvgIpc) is 2.72. The number of rotatable bonds is 6. The van der Waals surface area contributed by atoms with Crippen molar-refractivity contribution in [2.75, 3.05) is 20.3 Å². The topological polar surface area (TPSA) is 93.7 Å². The lowest BCUT2D eigenvalue weighted by Crippen LogP contribution is -2.46. The van der Waals surface area contributed by atoms with Crippen molar-refractivity contribution in [3.8, 4) is 0 Å². The Balaban J connectivity index is 2.66. The van der Waals surface area contributed by atoms with E-state index in [1.165, 1.54) is 7.11 Å². The van der Waals surface area contributed by atoms with E-state index < -0.39 is 17.7 Å². The first-order chi connectivity index (χ1) is 9.73. The minimum absolute atomic E-state index is 0.0868. The van der Waals surface area contributed by atoms with Crippen LogP contribution in [0.4, 0.5) is 4.79 Å². The zero-order valence-electron chi connectivity index (χ0n) is 13.0. The van der Waals surface area contributed by atoms with Crippen LogP contribution in [-0.2, 0) is 19.1 Å². The predicted octanol–water partition coefficient (Wildman–Crippen LogP) is 0.621. The predicted molar refractivity (Wildman–Crippen MR) is 75.8 cm³/mol. The van der Waals surface area contributed by atoms with Gasteiger partial charge in [-0.2, -0.15) is 0 Å². The molecule has 21 heavy (non-hydrogen) atoms. The molecular formula is C14H24N2O5. The lowest BCUT2D eigenvalue weighted by molar-refractivity contribution is -0.126. The van der Waals surface area contributed by atoms with Gasteiger partial charge in [0.15, 0.2) is 5.78 Å². The van der Waals surface area contributed by atoms with Crippen LogP contribution in [0.1, 0.15) is 33.6 Å². The average molecular weight is 300 g/mol. The molecule has 120 valence electrons. The summed E-state index contributed by atoms with van der Waals surface area (Å²) in [7, 11) is 1.41. The van der Waals surface area contributed by atoms with Gasteiger partial charge in [0, 0.05) is 19.6 Å². The first-order valence-corrected chi connectivity index (χ1v) is 7.02. The Bertz CT molecular complexity index is 403. The highest BCUT2D eigenvalue weighted by atomic mass is 16.6. The Morgan fingerprint density at radius 2 is 2.10 bits per heavy atom. The summed E-state index contributed by atoms with van der Waals surface area (Å²) in [5.74, 6) is -0.634. The molecule has 0 aromatic heterocycles. The van der Waals surface area contributed by atoms with E-state index in [1.54, 1.807) is 20.8 Å². The number of hydrogen-bond donors (Lipinski definition) is 2. The van der Waals surface area contributed by atoms with Crippen molar-refractivity contribution in [1.82, 2.24) is 10.6 Å². The summed E-state index contributed by atoms with van der Waals surface area (Å²) in [6, 6.07) is -0.784. The van der Waals surface area contributed by atoms with Gasteiger partial charge in [-0.3, -0.25) is 9.59 Å². The second-order valence-electron chi connectivity index (χ2n) is 6.11. The number of alkyl carbamates (subject to hydrolysis) is 1. The summed E-state index contributed by atoms with van der Waals surface area (Å²) in [6.45, 7) is 5.70. The van der Waals surface area contributed by atoms with Crippen molar-refractivity contribution in [2.45, 2.75) is 45.3 Å². The molecule has 2 N–H and O–H groups in total. The summed E-state index contributed by atoms with van der Waals surface area (Å²) >= 11 is 0. The van der Waals surface area contributed by atoms with Gasteiger partial charge >= 0.3 is 6.09 Å². The molecule has 0 aliphatic carbocycles. The van der Waals surface area contributed by atoms with Crippen LogP contribution in [0.2, 0.25) is 0 Å². The Labute approximate surface area is 124 Å². The van der Waals surface area contributed by atoms with E-state index in [0.29, 0.717) is 13.0 Å². The summed E-state index contributed by atoms with van der Waals surface area (Å²) in [6.07, 6.45) is 0.245. The molecule has 0 unspecified atom stereocenters. The van der Waals surface area contributed by atoms with Crippen LogP contribution < -0.4 is 10.6 Å². The number of hydrogen-bond acceptors (Lipinski definition) is 5. The van der Waals surface area contributed by atoms with Crippen molar-refractivity contribution < 1.29 is 23.9 Å². The van der Waals surface area contributed by atoms with Gasteiger partial charge in [0.2, 0.25) is 5.91 Å². The van der Waals surface area contributed by atoms with Crippen molar-refractivity contribution >= 4 is 17.8 Å². The monoisotopic (exact) mass is 300 g/mol. The van der Waals surface area contributed by atoms with E-state index >= 15 is 0 Å². The van der Waals surface area contributed by atoms with Gasteiger partial charge in [-0.05, 0) is 33.6 Å². The third-order valence-corrected chi connectivity index (χ3v) is 3.05. The van der Waals surface area contributed by atoms with Gasteiger partial charge in [0.1, 0.15) is 12.2 Å².